The molecular formula is C9H15ClN2O4S. The van der Waals surface area contributed by atoms with Crippen molar-refractivity contribution >= 4 is 28.6 Å². The molecule has 0 heterocycles. The van der Waals surface area contributed by atoms with Crippen molar-refractivity contribution in [2.24, 2.45) is 11.5 Å². The first-order chi connectivity index (χ1) is 7.29. The molecule has 0 spiro atoms. The number of aryl methyl sites for hydroxylation is 1. The molecule has 1 rings (SSSR count). The van der Waals surface area contributed by atoms with Crippen LogP contribution in [0.1, 0.15) is 5.56 Å². The van der Waals surface area contributed by atoms with Gasteiger partial charge in [0.25, 0.3) is 10.1 Å². The largest absolute Gasteiger partial charge is 0.352 e. The molecule has 1 aromatic carbocycles. The number of nitrogens with two attached hydrogens (primary N) is 2. The number of urea groups is 1. The number of hydrogen-bond acceptors (Lipinski definition) is 4. The Labute approximate surface area is 106 Å². The normalized spacial score (nSPS) is 9.53. The summed E-state index contributed by atoms with van der Waals surface area (Å²) in [6.07, 6.45) is 0. The molecule has 2 amide bonds. The molecule has 6 nitrogen and oxygen atoms in total. The van der Waals surface area contributed by atoms with Crippen LogP contribution in [-0.2, 0) is 14.3 Å². The highest BCUT2D eigenvalue weighted by Crippen LogP contribution is 2.11. The molecule has 0 aliphatic carbocycles. The van der Waals surface area contributed by atoms with Crippen LogP contribution in [0.4, 0.5) is 4.79 Å². The summed E-state index contributed by atoms with van der Waals surface area (Å²) < 4.78 is 26.5. The van der Waals surface area contributed by atoms with Crippen molar-refractivity contribution in [2.45, 2.75) is 11.8 Å². The number of carbonyl (C=O) groups is 1. The van der Waals surface area contributed by atoms with Crippen LogP contribution in [0.15, 0.2) is 29.2 Å². The van der Waals surface area contributed by atoms with Crippen molar-refractivity contribution in [3.05, 3.63) is 29.8 Å². The molecule has 0 aromatic heterocycles. The standard InChI is InChI=1S/C8H10O3S.CH4N2O.ClH/c1-7-3-5-8(6-4-7)12(9,10)11-2;2-1(3)4;/h3-6H,1-2H3;(H4,2,3,4);1H. The lowest BCUT2D eigenvalue weighted by Crippen LogP contribution is -2.18. The van der Waals surface area contributed by atoms with E-state index in [0.717, 1.165) is 12.7 Å². The van der Waals surface area contributed by atoms with Gasteiger partial charge in [-0.15, -0.1) is 12.4 Å². The van der Waals surface area contributed by atoms with Gasteiger partial charge in [0.2, 0.25) is 0 Å². The van der Waals surface area contributed by atoms with Crippen molar-refractivity contribution in [3.63, 3.8) is 0 Å². The molecule has 0 fully saturated rings. The van der Waals surface area contributed by atoms with E-state index in [9.17, 15) is 8.42 Å². The van der Waals surface area contributed by atoms with E-state index in [4.69, 9.17) is 4.79 Å². The molecule has 0 saturated carbocycles. The highest BCUT2D eigenvalue weighted by atomic mass is 35.5. The minimum Gasteiger partial charge on any atom is -0.352 e. The first kappa shape index (κ1) is 18.1. The van der Waals surface area contributed by atoms with Gasteiger partial charge in [-0.05, 0) is 19.1 Å². The molecule has 0 unspecified atom stereocenters. The number of benzene rings is 1. The number of hydrogen-bond donors (Lipinski definition) is 2. The lowest BCUT2D eigenvalue weighted by atomic mass is 10.2. The van der Waals surface area contributed by atoms with Crippen LogP contribution in [0, 0.1) is 6.92 Å². The van der Waals surface area contributed by atoms with Gasteiger partial charge in [0, 0.05) is 0 Å². The highest BCUT2D eigenvalue weighted by Gasteiger charge is 2.10. The summed E-state index contributed by atoms with van der Waals surface area (Å²) in [5, 5.41) is 0. The lowest BCUT2D eigenvalue weighted by molar-refractivity contribution is 0.256. The smallest absolute Gasteiger partial charge is 0.309 e. The van der Waals surface area contributed by atoms with E-state index in [1.165, 1.54) is 12.1 Å². The molecule has 1 aromatic rings. The minimum absolute atomic E-state index is 0. The van der Waals surface area contributed by atoms with Gasteiger partial charge in [0.1, 0.15) is 0 Å². The summed E-state index contributed by atoms with van der Waals surface area (Å²) in [5.41, 5.74) is 9.52. The van der Waals surface area contributed by atoms with Crippen molar-refractivity contribution in [2.75, 3.05) is 7.11 Å². The maximum Gasteiger partial charge on any atom is 0.309 e. The quantitative estimate of drug-likeness (QED) is 0.780. The molecule has 0 aliphatic heterocycles. The Balaban J connectivity index is 0. The van der Waals surface area contributed by atoms with Crippen molar-refractivity contribution in [1.82, 2.24) is 0 Å². The Bertz CT molecular complexity index is 441. The summed E-state index contributed by atoms with van der Waals surface area (Å²) >= 11 is 0. The van der Waals surface area contributed by atoms with Crippen molar-refractivity contribution in [1.29, 1.82) is 0 Å². The number of primary amides is 2. The second kappa shape index (κ2) is 7.88. The van der Waals surface area contributed by atoms with E-state index >= 15 is 0 Å². The van der Waals surface area contributed by atoms with Crippen LogP contribution in [0.3, 0.4) is 0 Å². The maximum absolute atomic E-state index is 11.1. The number of amides is 2. The van der Waals surface area contributed by atoms with Crippen LogP contribution in [0.25, 0.3) is 0 Å². The molecule has 8 heteroatoms. The third-order valence-corrected chi connectivity index (χ3v) is 2.82. The van der Waals surface area contributed by atoms with E-state index in [1.807, 2.05) is 6.92 Å². The summed E-state index contributed by atoms with van der Waals surface area (Å²) in [5.74, 6) is 0. The Morgan fingerprint density at radius 1 is 1.18 bits per heavy atom. The van der Waals surface area contributed by atoms with Crippen LogP contribution in [0.2, 0.25) is 0 Å². The fourth-order valence-electron chi connectivity index (χ4n) is 0.801. The highest BCUT2D eigenvalue weighted by molar-refractivity contribution is 7.86. The summed E-state index contributed by atoms with van der Waals surface area (Å²) in [6, 6.07) is 5.67. The van der Waals surface area contributed by atoms with E-state index in [-0.39, 0.29) is 17.3 Å². The third-order valence-electron chi connectivity index (χ3n) is 1.53. The molecule has 0 aliphatic rings. The zero-order valence-electron chi connectivity index (χ0n) is 9.41. The zero-order valence-corrected chi connectivity index (χ0v) is 11.0. The van der Waals surface area contributed by atoms with Gasteiger partial charge in [0.15, 0.2) is 0 Å². The molecule has 17 heavy (non-hydrogen) atoms. The van der Waals surface area contributed by atoms with Crippen LogP contribution in [0.5, 0.6) is 0 Å². The average molecular weight is 283 g/mol. The van der Waals surface area contributed by atoms with Gasteiger partial charge in [-0.2, -0.15) is 8.42 Å². The minimum atomic E-state index is -3.51. The Morgan fingerprint density at radius 2 is 1.53 bits per heavy atom. The van der Waals surface area contributed by atoms with Gasteiger partial charge in [0.05, 0.1) is 12.0 Å². The molecule has 0 bridgehead atoms. The fraction of sp³-hybridized carbons (Fsp3) is 0.222. The van der Waals surface area contributed by atoms with E-state index in [1.54, 1.807) is 12.1 Å². The summed E-state index contributed by atoms with van der Waals surface area (Å²) in [6.45, 7) is 1.89. The van der Waals surface area contributed by atoms with Crippen LogP contribution < -0.4 is 11.5 Å². The second-order valence-corrected chi connectivity index (χ2v) is 4.55. The van der Waals surface area contributed by atoms with Gasteiger partial charge in [-0.25, -0.2) is 4.79 Å². The van der Waals surface area contributed by atoms with Crippen LogP contribution in [-0.4, -0.2) is 21.6 Å². The molecule has 0 atom stereocenters. The Kier molecular flexibility index (Phi) is 8.38. The van der Waals surface area contributed by atoms with Crippen molar-refractivity contribution in [3.8, 4) is 0 Å². The SMILES string of the molecule is COS(=O)(=O)c1ccc(C)cc1.Cl.NC(N)=O. The monoisotopic (exact) mass is 282 g/mol. The van der Waals surface area contributed by atoms with Crippen LogP contribution >= 0.6 is 12.4 Å². The fourth-order valence-corrected chi connectivity index (χ4v) is 1.46. The number of carbonyl (C=O) groups excluding carboxylic acids is 1. The molecule has 0 saturated heterocycles. The predicted octanol–water partition coefficient (Wildman–Crippen LogP) is 0.776. The Morgan fingerprint density at radius 3 is 1.82 bits per heavy atom. The molecule has 98 valence electrons. The molecule has 4 N–H and O–H groups in total. The van der Waals surface area contributed by atoms with E-state index < -0.39 is 16.1 Å². The summed E-state index contributed by atoms with van der Waals surface area (Å²) in [4.78, 5) is 9.19. The molecular weight excluding hydrogens is 268 g/mol. The second-order valence-electron chi connectivity index (χ2n) is 2.84. The van der Waals surface area contributed by atoms with Gasteiger partial charge >= 0.3 is 6.03 Å². The van der Waals surface area contributed by atoms with E-state index in [0.29, 0.717) is 0 Å². The number of rotatable bonds is 2. The topological polar surface area (TPSA) is 112 Å². The average Bonchev–Trinajstić information content (AvgIpc) is 2.17. The van der Waals surface area contributed by atoms with Gasteiger partial charge in [-0.1, -0.05) is 17.7 Å². The Hall–Kier alpha value is -1.31. The zero-order chi connectivity index (χ0) is 12.8. The first-order valence-electron chi connectivity index (χ1n) is 4.22. The third kappa shape index (κ3) is 7.56. The predicted molar refractivity (Wildman–Crippen MR) is 66.4 cm³/mol. The van der Waals surface area contributed by atoms with Crippen molar-refractivity contribution < 1.29 is 17.4 Å². The number of halogens is 1. The van der Waals surface area contributed by atoms with Gasteiger partial charge in [-0.3, -0.25) is 4.18 Å². The van der Waals surface area contributed by atoms with E-state index in [2.05, 4.69) is 15.7 Å². The molecule has 0 radical (unpaired) electrons. The maximum atomic E-state index is 11.1. The van der Waals surface area contributed by atoms with Gasteiger partial charge < -0.3 is 11.5 Å². The lowest BCUT2D eigenvalue weighted by Gasteiger charge is -2.00. The summed E-state index contributed by atoms with van der Waals surface area (Å²) in [7, 11) is -2.37. The first-order valence-corrected chi connectivity index (χ1v) is 5.62.